The van der Waals surface area contributed by atoms with Crippen molar-refractivity contribution in [2.45, 2.75) is 56.3 Å². The number of aromatic amines is 1. The summed E-state index contributed by atoms with van der Waals surface area (Å²) in [4.78, 5) is 31.8. The number of nitrogens with one attached hydrogen (secondary N) is 2. The molecule has 2 N–H and O–H groups in total. The van der Waals surface area contributed by atoms with E-state index in [1.807, 2.05) is 35.4 Å². The second kappa shape index (κ2) is 7.23. The maximum absolute atomic E-state index is 13.4. The highest BCUT2D eigenvalue weighted by Gasteiger charge is 2.66. The van der Waals surface area contributed by atoms with Crippen molar-refractivity contribution >= 4 is 22.7 Å². The number of carbonyl (C=O) groups excluding carboxylic acids is 2. The van der Waals surface area contributed by atoms with E-state index in [1.54, 1.807) is 0 Å². The number of fused-ring (bicyclic) bond motifs is 2. The summed E-state index contributed by atoms with van der Waals surface area (Å²) in [5, 5.41) is 4.44. The summed E-state index contributed by atoms with van der Waals surface area (Å²) in [5.74, 6) is -0.734. The normalized spacial score (nSPS) is 32.2. The molecule has 2 saturated heterocycles. The van der Waals surface area contributed by atoms with Gasteiger partial charge in [0.05, 0.1) is 24.5 Å². The summed E-state index contributed by atoms with van der Waals surface area (Å²) in [5.41, 5.74) is 1.70. The molecule has 2 bridgehead atoms. The Morgan fingerprint density at radius 1 is 1.23 bits per heavy atom. The van der Waals surface area contributed by atoms with E-state index in [0.717, 1.165) is 24.8 Å². The minimum atomic E-state index is -0.628. The van der Waals surface area contributed by atoms with Gasteiger partial charge in [-0.3, -0.25) is 9.59 Å². The van der Waals surface area contributed by atoms with Gasteiger partial charge in [0.25, 0.3) is 0 Å². The summed E-state index contributed by atoms with van der Waals surface area (Å²) >= 11 is 0. The SMILES string of the molecule is O=C(NC1CCCCC1)[C@H]1[C@H]2C=C[C@]3(CN(CCc4c[nH]c5ccccc45)C(=O)[C@@H]13)O2. The van der Waals surface area contributed by atoms with E-state index in [9.17, 15) is 9.59 Å². The molecule has 1 aromatic heterocycles. The van der Waals surface area contributed by atoms with Crippen molar-refractivity contribution in [3.63, 3.8) is 0 Å². The largest absolute Gasteiger partial charge is 0.361 e. The quantitative estimate of drug-likeness (QED) is 0.732. The second-order valence-electron chi connectivity index (χ2n) is 9.61. The van der Waals surface area contributed by atoms with E-state index in [2.05, 4.69) is 22.4 Å². The van der Waals surface area contributed by atoms with Gasteiger partial charge in [0.2, 0.25) is 11.8 Å². The number of benzene rings is 1. The number of carbonyl (C=O) groups is 2. The van der Waals surface area contributed by atoms with Gasteiger partial charge in [-0.2, -0.15) is 0 Å². The molecule has 1 aromatic carbocycles. The first kappa shape index (κ1) is 19.1. The number of hydrogen-bond acceptors (Lipinski definition) is 3. The Morgan fingerprint density at radius 3 is 2.94 bits per heavy atom. The number of ether oxygens (including phenoxy) is 1. The Bertz CT molecular complexity index is 1050. The summed E-state index contributed by atoms with van der Waals surface area (Å²) < 4.78 is 6.27. The van der Waals surface area contributed by atoms with Crippen molar-refractivity contribution in [2.24, 2.45) is 11.8 Å². The molecule has 4 atom stereocenters. The highest BCUT2D eigenvalue weighted by atomic mass is 16.5. The smallest absolute Gasteiger partial charge is 0.230 e. The third-order valence-corrected chi connectivity index (χ3v) is 7.76. The first-order valence-corrected chi connectivity index (χ1v) is 11.7. The van der Waals surface area contributed by atoms with Gasteiger partial charge in [-0.1, -0.05) is 49.6 Å². The van der Waals surface area contributed by atoms with E-state index < -0.39 is 17.4 Å². The lowest BCUT2D eigenvalue weighted by atomic mass is 9.76. The van der Waals surface area contributed by atoms with Crippen LogP contribution in [0.3, 0.4) is 0 Å². The zero-order valence-corrected chi connectivity index (χ0v) is 17.7. The van der Waals surface area contributed by atoms with Gasteiger partial charge < -0.3 is 19.9 Å². The summed E-state index contributed by atoms with van der Waals surface area (Å²) in [6, 6.07) is 8.48. The fourth-order valence-corrected chi connectivity index (χ4v) is 6.21. The van der Waals surface area contributed by atoms with Crippen LogP contribution in [0, 0.1) is 11.8 Å². The molecule has 3 aliphatic heterocycles. The molecule has 1 saturated carbocycles. The van der Waals surface area contributed by atoms with E-state index >= 15 is 0 Å². The predicted molar refractivity (Wildman–Crippen MR) is 117 cm³/mol. The number of hydrogen-bond donors (Lipinski definition) is 2. The number of amides is 2. The standard InChI is InChI=1S/C25H29N3O3/c29-23(27-17-6-2-1-3-7-17)21-20-10-12-25(31-20)15-28(24(30)22(21)25)13-11-16-14-26-19-9-5-4-8-18(16)19/h4-5,8-10,12,14,17,20-22,26H,1-3,6-7,11,13,15H2,(H,27,29)/t20-,21+,22-,25-/m1/s1. The van der Waals surface area contributed by atoms with Gasteiger partial charge in [0, 0.05) is 29.7 Å². The number of rotatable bonds is 5. The molecule has 1 spiro atoms. The molecule has 31 heavy (non-hydrogen) atoms. The van der Waals surface area contributed by atoms with Gasteiger partial charge in [0.15, 0.2) is 0 Å². The van der Waals surface area contributed by atoms with Gasteiger partial charge >= 0.3 is 0 Å². The van der Waals surface area contributed by atoms with Crippen molar-refractivity contribution in [2.75, 3.05) is 13.1 Å². The Hall–Kier alpha value is -2.60. The van der Waals surface area contributed by atoms with Crippen molar-refractivity contribution < 1.29 is 14.3 Å². The van der Waals surface area contributed by atoms with E-state index in [1.165, 1.54) is 30.2 Å². The molecule has 6 nitrogen and oxygen atoms in total. The van der Waals surface area contributed by atoms with E-state index in [4.69, 9.17) is 4.74 Å². The summed E-state index contributed by atoms with van der Waals surface area (Å²) in [6.45, 7) is 1.18. The molecular weight excluding hydrogens is 390 g/mol. The molecule has 3 fully saturated rings. The van der Waals surface area contributed by atoms with Crippen LogP contribution in [0.2, 0.25) is 0 Å². The highest BCUT2D eigenvalue weighted by molar-refractivity contribution is 5.93. The first-order chi connectivity index (χ1) is 15.1. The number of likely N-dealkylation sites (tertiary alicyclic amines) is 1. The van der Waals surface area contributed by atoms with Gasteiger partial charge in [0.1, 0.15) is 5.60 Å². The summed E-state index contributed by atoms with van der Waals surface area (Å²) in [6.07, 6.45) is 12.3. The molecule has 6 rings (SSSR count). The number of nitrogens with zero attached hydrogens (tertiary/aromatic N) is 1. The lowest BCUT2D eigenvalue weighted by Gasteiger charge is -2.28. The summed E-state index contributed by atoms with van der Waals surface area (Å²) in [7, 11) is 0. The molecule has 4 heterocycles. The van der Waals surface area contributed by atoms with Crippen LogP contribution >= 0.6 is 0 Å². The molecule has 2 aromatic rings. The Labute approximate surface area is 182 Å². The number of para-hydroxylation sites is 1. The lowest BCUT2D eigenvalue weighted by molar-refractivity contribution is -0.137. The van der Waals surface area contributed by atoms with Crippen molar-refractivity contribution in [3.05, 3.63) is 48.2 Å². The van der Waals surface area contributed by atoms with Crippen LogP contribution in [-0.2, 0) is 20.7 Å². The van der Waals surface area contributed by atoms with Crippen molar-refractivity contribution in [3.8, 4) is 0 Å². The van der Waals surface area contributed by atoms with Crippen LogP contribution in [0.5, 0.6) is 0 Å². The van der Waals surface area contributed by atoms with Crippen LogP contribution in [0.4, 0.5) is 0 Å². The molecule has 0 unspecified atom stereocenters. The third kappa shape index (κ3) is 3.03. The third-order valence-electron chi connectivity index (χ3n) is 7.76. The monoisotopic (exact) mass is 419 g/mol. The number of aromatic nitrogens is 1. The molecule has 1 aliphatic carbocycles. The Balaban J connectivity index is 1.17. The fraction of sp³-hybridized carbons (Fsp3) is 0.520. The zero-order valence-electron chi connectivity index (χ0n) is 17.7. The highest BCUT2D eigenvalue weighted by Crippen LogP contribution is 2.52. The maximum Gasteiger partial charge on any atom is 0.230 e. The average molecular weight is 420 g/mol. The van der Waals surface area contributed by atoms with Gasteiger partial charge in [-0.05, 0) is 30.9 Å². The maximum atomic E-state index is 13.4. The lowest BCUT2D eigenvalue weighted by Crippen LogP contribution is -2.47. The molecule has 162 valence electrons. The molecular formula is C25H29N3O3. The van der Waals surface area contributed by atoms with E-state index in [-0.39, 0.29) is 24.0 Å². The Morgan fingerprint density at radius 2 is 2.06 bits per heavy atom. The molecule has 4 aliphatic rings. The number of H-pyrrole nitrogens is 1. The van der Waals surface area contributed by atoms with Crippen LogP contribution in [0.1, 0.15) is 37.7 Å². The van der Waals surface area contributed by atoms with Crippen LogP contribution in [0.15, 0.2) is 42.6 Å². The fourth-order valence-electron chi connectivity index (χ4n) is 6.21. The van der Waals surface area contributed by atoms with Crippen LogP contribution in [0.25, 0.3) is 10.9 Å². The predicted octanol–water partition coefficient (Wildman–Crippen LogP) is 2.94. The average Bonchev–Trinajstić information content (AvgIpc) is 3.53. The first-order valence-electron chi connectivity index (χ1n) is 11.7. The van der Waals surface area contributed by atoms with Crippen LogP contribution < -0.4 is 5.32 Å². The minimum Gasteiger partial charge on any atom is -0.361 e. The van der Waals surface area contributed by atoms with Crippen LogP contribution in [-0.4, -0.2) is 52.5 Å². The topological polar surface area (TPSA) is 74.4 Å². The van der Waals surface area contributed by atoms with Gasteiger partial charge in [-0.15, -0.1) is 0 Å². The van der Waals surface area contributed by atoms with Gasteiger partial charge in [-0.25, -0.2) is 0 Å². The van der Waals surface area contributed by atoms with E-state index in [0.29, 0.717) is 13.1 Å². The minimum absolute atomic E-state index is 0.0000430. The Kier molecular flexibility index (Phi) is 4.46. The van der Waals surface area contributed by atoms with Crippen molar-refractivity contribution in [1.82, 2.24) is 15.2 Å². The zero-order chi connectivity index (χ0) is 21.0. The van der Waals surface area contributed by atoms with Crippen molar-refractivity contribution in [1.29, 1.82) is 0 Å². The molecule has 6 heteroatoms. The molecule has 2 amide bonds. The second-order valence-corrected chi connectivity index (χ2v) is 9.61. The molecule has 0 radical (unpaired) electrons.